The molecule has 90 valence electrons. The van der Waals surface area contributed by atoms with Gasteiger partial charge >= 0.3 is 0 Å². The Morgan fingerprint density at radius 1 is 1.35 bits per heavy atom. The quantitative estimate of drug-likeness (QED) is 0.905. The van der Waals surface area contributed by atoms with Crippen LogP contribution in [0.3, 0.4) is 0 Å². The molecule has 0 aliphatic carbocycles. The van der Waals surface area contributed by atoms with E-state index in [1.807, 2.05) is 10.8 Å². The number of nitrogens with zero attached hydrogens (tertiary/aromatic N) is 2. The largest absolute Gasteiger partial charge is 0.330 e. The van der Waals surface area contributed by atoms with E-state index in [9.17, 15) is 0 Å². The first-order valence-corrected chi connectivity index (χ1v) is 6.01. The molecule has 2 rings (SSSR count). The summed E-state index contributed by atoms with van der Waals surface area (Å²) in [5.74, 6) is 0.266. The van der Waals surface area contributed by atoms with Crippen molar-refractivity contribution in [3.05, 3.63) is 53.1 Å². The lowest BCUT2D eigenvalue weighted by Gasteiger charge is -2.16. The molecule has 2 aromatic rings. The maximum absolute atomic E-state index is 5.96. The van der Waals surface area contributed by atoms with Crippen molar-refractivity contribution in [3.8, 4) is 0 Å². The maximum atomic E-state index is 5.96. The van der Waals surface area contributed by atoms with Gasteiger partial charge in [0, 0.05) is 31.4 Å². The lowest BCUT2D eigenvalue weighted by Crippen LogP contribution is -2.18. The summed E-state index contributed by atoms with van der Waals surface area (Å²) in [6.45, 7) is 3.43. The summed E-state index contributed by atoms with van der Waals surface area (Å²) in [6, 6.07) is 8.45. The van der Waals surface area contributed by atoms with Crippen molar-refractivity contribution in [2.45, 2.75) is 19.4 Å². The molecule has 0 radical (unpaired) electrons. The van der Waals surface area contributed by atoms with Crippen molar-refractivity contribution in [1.82, 2.24) is 9.55 Å². The Morgan fingerprint density at radius 2 is 2.06 bits per heavy atom. The highest BCUT2D eigenvalue weighted by Gasteiger charge is 2.11. The van der Waals surface area contributed by atoms with Crippen molar-refractivity contribution in [2.24, 2.45) is 5.73 Å². The fourth-order valence-corrected chi connectivity index (χ4v) is 2.02. The predicted molar refractivity (Wildman–Crippen MR) is 70.2 cm³/mol. The Bertz CT molecular complexity index is 476. The molecule has 0 bridgehead atoms. The lowest BCUT2D eigenvalue weighted by atomic mass is 9.98. The smallest absolute Gasteiger partial charge is 0.202 e. The van der Waals surface area contributed by atoms with Crippen LogP contribution in [0.2, 0.25) is 5.28 Å². The van der Waals surface area contributed by atoms with Crippen LogP contribution in [0.4, 0.5) is 0 Å². The molecule has 0 fully saturated rings. The number of benzene rings is 1. The van der Waals surface area contributed by atoms with Crippen molar-refractivity contribution < 1.29 is 0 Å². The normalized spacial score (nSPS) is 12.6. The monoisotopic (exact) mass is 249 g/mol. The number of hydrogen-bond acceptors (Lipinski definition) is 2. The van der Waals surface area contributed by atoms with E-state index in [1.165, 1.54) is 11.1 Å². The highest BCUT2D eigenvalue weighted by molar-refractivity contribution is 6.28. The van der Waals surface area contributed by atoms with E-state index in [-0.39, 0.29) is 5.92 Å². The average Bonchev–Trinajstić information content (AvgIpc) is 2.73. The Kier molecular flexibility index (Phi) is 3.82. The first kappa shape index (κ1) is 12.1. The second-order valence-electron chi connectivity index (χ2n) is 4.19. The summed E-state index contributed by atoms with van der Waals surface area (Å²) in [5.41, 5.74) is 8.33. The average molecular weight is 250 g/mol. The summed E-state index contributed by atoms with van der Waals surface area (Å²) in [7, 11) is 0. The highest BCUT2D eigenvalue weighted by Crippen LogP contribution is 2.19. The maximum Gasteiger partial charge on any atom is 0.202 e. The molecule has 0 amide bonds. The molecule has 4 heteroatoms. The van der Waals surface area contributed by atoms with Crippen molar-refractivity contribution in [1.29, 1.82) is 0 Å². The first-order chi connectivity index (χ1) is 8.20. The second-order valence-corrected chi connectivity index (χ2v) is 4.53. The number of aromatic nitrogens is 2. The number of aryl methyl sites for hydroxylation is 1. The SMILES string of the molecule is Cc1ccc(C(CN)Cn2ccnc2Cl)cc1. The zero-order valence-corrected chi connectivity index (χ0v) is 10.6. The Hall–Kier alpha value is -1.32. The highest BCUT2D eigenvalue weighted by atomic mass is 35.5. The van der Waals surface area contributed by atoms with Gasteiger partial charge in [0.25, 0.3) is 0 Å². The molecule has 0 aliphatic rings. The summed E-state index contributed by atoms with van der Waals surface area (Å²) in [6.07, 6.45) is 3.57. The zero-order chi connectivity index (χ0) is 12.3. The molecule has 2 N–H and O–H groups in total. The van der Waals surface area contributed by atoms with Crippen LogP contribution in [-0.4, -0.2) is 16.1 Å². The number of hydrogen-bond donors (Lipinski definition) is 1. The molecule has 1 atom stereocenters. The molecule has 17 heavy (non-hydrogen) atoms. The molecule has 0 aliphatic heterocycles. The number of rotatable bonds is 4. The van der Waals surface area contributed by atoms with Crippen LogP contribution in [0.5, 0.6) is 0 Å². The third-order valence-electron chi connectivity index (χ3n) is 2.92. The zero-order valence-electron chi connectivity index (χ0n) is 9.81. The van der Waals surface area contributed by atoms with Crippen molar-refractivity contribution in [3.63, 3.8) is 0 Å². The molecule has 1 aromatic carbocycles. The van der Waals surface area contributed by atoms with Gasteiger partial charge in [-0.3, -0.25) is 0 Å². The Balaban J connectivity index is 2.17. The number of halogens is 1. The molecule has 3 nitrogen and oxygen atoms in total. The van der Waals surface area contributed by atoms with Gasteiger partial charge in [-0.2, -0.15) is 0 Å². The van der Waals surface area contributed by atoms with Crippen LogP contribution in [0, 0.1) is 6.92 Å². The number of nitrogens with two attached hydrogens (primary N) is 1. The summed E-state index contributed by atoms with van der Waals surface area (Å²) >= 11 is 5.96. The molecule has 1 heterocycles. The van der Waals surface area contributed by atoms with E-state index < -0.39 is 0 Å². The van der Waals surface area contributed by atoms with Crippen LogP contribution < -0.4 is 5.73 Å². The summed E-state index contributed by atoms with van der Waals surface area (Å²) in [4.78, 5) is 4.00. The van der Waals surface area contributed by atoms with Crippen LogP contribution in [0.1, 0.15) is 17.0 Å². The standard InChI is InChI=1S/C13H16ClN3/c1-10-2-4-11(5-3-10)12(8-15)9-17-7-6-16-13(17)14/h2-7,12H,8-9,15H2,1H3. The minimum atomic E-state index is 0.266. The van der Waals surface area contributed by atoms with Gasteiger partial charge in [0.1, 0.15) is 0 Å². The van der Waals surface area contributed by atoms with Crippen LogP contribution >= 0.6 is 11.6 Å². The minimum Gasteiger partial charge on any atom is -0.330 e. The van der Waals surface area contributed by atoms with Crippen LogP contribution in [0.25, 0.3) is 0 Å². The van der Waals surface area contributed by atoms with Gasteiger partial charge in [0.2, 0.25) is 5.28 Å². The molecule has 0 spiro atoms. The molecule has 0 saturated carbocycles. The predicted octanol–water partition coefficient (Wildman–Crippen LogP) is 2.59. The topological polar surface area (TPSA) is 43.8 Å². The Labute approximate surface area is 106 Å². The van der Waals surface area contributed by atoms with Gasteiger partial charge in [0.05, 0.1) is 0 Å². The third kappa shape index (κ3) is 2.87. The molecule has 0 saturated heterocycles. The van der Waals surface area contributed by atoms with E-state index in [0.717, 1.165) is 6.54 Å². The molecule has 1 aromatic heterocycles. The summed E-state index contributed by atoms with van der Waals surface area (Å²) in [5, 5.41) is 0.510. The molecular weight excluding hydrogens is 234 g/mol. The minimum absolute atomic E-state index is 0.266. The van der Waals surface area contributed by atoms with Gasteiger partial charge in [-0.05, 0) is 24.1 Å². The third-order valence-corrected chi connectivity index (χ3v) is 3.23. The van der Waals surface area contributed by atoms with Gasteiger partial charge in [-0.15, -0.1) is 0 Å². The fraction of sp³-hybridized carbons (Fsp3) is 0.308. The second kappa shape index (κ2) is 5.34. The summed E-state index contributed by atoms with van der Waals surface area (Å²) < 4.78 is 1.92. The number of imidazole rings is 1. The Morgan fingerprint density at radius 3 is 2.59 bits per heavy atom. The van der Waals surface area contributed by atoms with Crippen LogP contribution in [0.15, 0.2) is 36.7 Å². The van der Waals surface area contributed by atoms with Crippen molar-refractivity contribution >= 4 is 11.6 Å². The van der Waals surface area contributed by atoms with E-state index in [0.29, 0.717) is 11.8 Å². The van der Waals surface area contributed by atoms with E-state index in [1.54, 1.807) is 6.20 Å². The fourth-order valence-electron chi connectivity index (χ4n) is 1.84. The van der Waals surface area contributed by atoms with E-state index in [2.05, 4.69) is 36.2 Å². The van der Waals surface area contributed by atoms with Crippen molar-refractivity contribution in [2.75, 3.05) is 6.54 Å². The van der Waals surface area contributed by atoms with E-state index in [4.69, 9.17) is 17.3 Å². The van der Waals surface area contributed by atoms with E-state index >= 15 is 0 Å². The van der Waals surface area contributed by atoms with Crippen LogP contribution in [-0.2, 0) is 6.54 Å². The lowest BCUT2D eigenvalue weighted by molar-refractivity contribution is 0.567. The van der Waals surface area contributed by atoms with Gasteiger partial charge in [-0.1, -0.05) is 29.8 Å². The first-order valence-electron chi connectivity index (χ1n) is 5.64. The van der Waals surface area contributed by atoms with Gasteiger partial charge < -0.3 is 10.3 Å². The molecular formula is C13H16ClN3. The van der Waals surface area contributed by atoms with Gasteiger partial charge in [0.15, 0.2) is 0 Å². The molecule has 1 unspecified atom stereocenters. The van der Waals surface area contributed by atoms with Gasteiger partial charge in [-0.25, -0.2) is 4.98 Å².